The van der Waals surface area contributed by atoms with Crippen LogP contribution in [0.15, 0.2) is 53.5 Å². The van der Waals surface area contributed by atoms with Crippen LogP contribution >= 0.6 is 0 Å². The highest BCUT2D eigenvalue weighted by Gasteiger charge is 2.19. The number of aromatic nitrogens is 2. The van der Waals surface area contributed by atoms with E-state index in [2.05, 4.69) is 27.1 Å². The fourth-order valence-electron chi connectivity index (χ4n) is 3.89. The first-order valence-corrected chi connectivity index (χ1v) is 10.2. The van der Waals surface area contributed by atoms with Crippen molar-refractivity contribution in [2.24, 2.45) is 0 Å². The zero-order valence-corrected chi connectivity index (χ0v) is 16.6. The van der Waals surface area contributed by atoms with Crippen LogP contribution in [0, 0.1) is 0 Å². The molecule has 0 bridgehead atoms. The molecule has 2 N–H and O–H groups in total. The monoisotopic (exact) mass is 390 g/mol. The number of rotatable bonds is 5. The number of hydrogen-bond donors (Lipinski definition) is 2. The Kier molecular flexibility index (Phi) is 5.71. The molecule has 4 rings (SSSR count). The molecule has 0 aliphatic carbocycles. The van der Waals surface area contributed by atoms with Crippen LogP contribution in [-0.2, 0) is 13.1 Å². The molecule has 0 spiro atoms. The van der Waals surface area contributed by atoms with Crippen LogP contribution < -0.4 is 10.9 Å². The quantitative estimate of drug-likeness (QED) is 0.701. The number of H-pyrrole nitrogens is 1. The largest absolute Gasteiger partial charge is 0.348 e. The maximum absolute atomic E-state index is 12.5. The highest BCUT2D eigenvalue weighted by molar-refractivity contribution is 5.93. The number of carbonyl (C=O) groups is 1. The van der Waals surface area contributed by atoms with Gasteiger partial charge in [-0.3, -0.25) is 19.5 Å². The summed E-state index contributed by atoms with van der Waals surface area (Å²) in [6, 6.07) is 13.8. The molecular formula is C23H26N4O2. The van der Waals surface area contributed by atoms with Gasteiger partial charge in [-0.2, -0.15) is 0 Å². The maximum Gasteiger partial charge on any atom is 0.261 e. The van der Waals surface area contributed by atoms with E-state index in [1.807, 2.05) is 36.4 Å². The van der Waals surface area contributed by atoms with Crippen molar-refractivity contribution >= 4 is 16.8 Å². The molecule has 1 aromatic carbocycles. The fraction of sp³-hybridized carbons (Fsp3) is 0.348. The lowest BCUT2D eigenvalue weighted by atomic mass is 10.0. The van der Waals surface area contributed by atoms with Gasteiger partial charge >= 0.3 is 0 Å². The van der Waals surface area contributed by atoms with Gasteiger partial charge in [-0.1, -0.05) is 24.6 Å². The average Bonchev–Trinajstić information content (AvgIpc) is 2.73. The number of hydrogen-bond acceptors (Lipinski definition) is 4. The van der Waals surface area contributed by atoms with Gasteiger partial charge in [0.1, 0.15) is 5.56 Å². The van der Waals surface area contributed by atoms with Crippen LogP contribution in [0.3, 0.4) is 0 Å². The Morgan fingerprint density at radius 2 is 2.10 bits per heavy atom. The highest BCUT2D eigenvalue weighted by atomic mass is 16.2. The molecule has 1 saturated heterocycles. The van der Waals surface area contributed by atoms with Crippen molar-refractivity contribution in [3.63, 3.8) is 0 Å². The summed E-state index contributed by atoms with van der Waals surface area (Å²) in [7, 11) is 0. The molecule has 0 saturated carbocycles. The molecular weight excluding hydrogens is 364 g/mol. The molecule has 3 heterocycles. The lowest BCUT2D eigenvalue weighted by molar-refractivity contribution is 0.0949. The minimum atomic E-state index is -0.378. The van der Waals surface area contributed by atoms with Crippen molar-refractivity contribution in [2.75, 3.05) is 6.54 Å². The third-order valence-corrected chi connectivity index (χ3v) is 5.63. The lowest BCUT2D eigenvalue weighted by Gasteiger charge is -2.33. The number of benzene rings is 1. The third kappa shape index (κ3) is 4.54. The van der Waals surface area contributed by atoms with Gasteiger partial charge in [0.05, 0.1) is 5.52 Å². The van der Waals surface area contributed by atoms with E-state index < -0.39 is 0 Å². The van der Waals surface area contributed by atoms with Crippen LogP contribution in [0.4, 0.5) is 0 Å². The number of nitrogens with one attached hydrogen (secondary N) is 2. The molecule has 1 fully saturated rings. The number of fused-ring (bicyclic) bond motifs is 1. The van der Waals surface area contributed by atoms with E-state index in [-0.39, 0.29) is 17.0 Å². The summed E-state index contributed by atoms with van der Waals surface area (Å²) in [5.41, 5.74) is 2.44. The summed E-state index contributed by atoms with van der Waals surface area (Å²) >= 11 is 0. The molecule has 150 valence electrons. The fourth-order valence-corrected chi connectivity index (χ4v) is 3.89. The number of likely N-dealkylation sites (tertiary alicyclic amines) is 1. The van der Waals surface area contributed by atoms with Crippen molar-refractivity contribution in [3.05, 3.63) is 75.8 Å². The minimum Gasteiger partial charge on any atom is -0.348 e. The summed E-state index contributed by atoms with van der Waals surface area (Å²) in [6.45, 7) is 4.30. The van der Waals surface area contributed by atoms with Crippen LogP contribution in [0.1, 0.15) is 47.8 Å². The summed E-state index contributed by atoms with van der Waals surface area (Å²) < 4.78 is 0. The predicted octanol–water partition coefficient (Wildman–Crippen LogP) is 3.23. The van der Waals surface area contributed by atoms with Crippen LogP contribution in [0.5, 0.6) is 0 Å². The number of amides is 1. The third-order valence-electron chi connectivity index (χ3n) is 5.63. The molecule has 2 aromatic heterocycles. The second-order valence-electron chi connectivity index (χ2n) is 7.76. The van der Waals surface area contributed by atoms with E-state index in [4.69, 9.17) is 0 Å². The predicted molar refractivity (Wildman–Crippen MR) is 114 cm³/mol. The standard InChI is InChI=1S/C23H26N4O2/c1-16-6-4-5-11-27(16)15-19-9-10-20(23(29)26-19)22(28)25-14-17-12-18-7-2-3-8-21(18)24-13-17/h2-3,7-10,12-13,16H,4-6,11,14-15H2,1H3,(H,25,28)(H,26,29). The van der Waals surface area contributed by atoms with Gasteiger partial charge in [-0.05, 0) is 56.1 Å². The summed E-state index contributed by atoms with van der Waals surface area (Å²) in [5.74, 6) is -0.378. The Hall–Kier alpha value is -2.99. The van der Waals surface area contributed by atoms with Crippen molar-refractivity contribution in [1.29, 1.82) is 0 Å². The second kappa shape index (κ2) is 8.57. The molecule has 1 aliphatic rings. The summed E-state index contributed by atoms with van der Waals surface area (Å²) in [6.07, 6.45) is 5.39. The minimum absolute atomic E-state index is 0.134. The van der Waals surface area contributed by atoms with Crippen LogP contribution in [0.25, 0.3) is 10.9 Å². The Labute approximate surface area is 170 Å². The molecule has 1 unspecified atom stereocenters. The normalized spacial score (nSPS) is 17.3. The van der Waals surface area contributed by atoms with Gasteiger partial charge in [0.25, 0.3) is 11.5 Å². The molecule has 1 aliphatic heterocycles. The molecule has 1 amide bonds. The van der Waals surface area contributed by atoms with E-state index in [0.717, 1.165) is 28.7 Å². The number of aromatic amines is 1. The second-order valence-corrected chi connectivity index (χ2v) is 7.76. The maximum atomic E-state index is 12.5. The molecule has 1 atom stereocenters. The zero-order valence-electron chi connectivity index (χ0n) is 16.6. The van der Waals surface area contributed by atoms with Gasteiger partial charge in [-0.15, -0.1) is 0 Å². The van der Waals surface area contributed by atoms with Crippen molar-refractivity contribution < 1.29 is 4.79 Å². The number of para-hydroxylation sites is 1. The Bertz CT molecular complexity index is 1080. The SMILES string of the molecule is CC1CCCCN1Cc1ccc(C(=O)NCc2cnc3ccccc3c2)c(=O)[nH]1. The average molecular weight is 390 g/mol. The van der Waals surface area contributed by atoms with E-state index >= 15 is 0 Å². The smallest absolute Gasteiger partial charge is 0.261 e. The number of pyridine rings is 2. The van der Waals surface area contributed by atoms with Crippen molar-refractivity contribution in [1.82, 2.24) is 20.2 Å². The molecule has 3 aromatic rings. The lowest BCUT2D eigenvalue weighted by Crippen LogP contribution is -2.37. The van der Waals surface area contributed by atoms with Crippen LogP contribution in [-0.4, -0.2) is 33.4 Å². The molecule has 0 radical (unpaired) electrons. The molecule has 6 heteroatoms. The number of nitrogens with zero attached hydrogens (tertiary/aromatic N) is 2. The zero-order chi connectivity index (χ0) is 20.2. The molecule has 29 heavy (non-hydrogen) atoms. The van der Waals surface area contributed by atoms with E-state index in [1.54, 1.807) is 12.3 Å². The topological polar surface area (TPSA) is 78.1 Å². The Morgan fingerprint density at radius 3 is 2.93 bits per heavy atom. The van der Waals surface area contributed by atoms with Gasteiger partial charge in [0.15, 0.2) is 0 Å². The van der Waals surface area contributed by atoms with Gasteiger partial charge < -0.3 is 10.3 Å². The van der Waals surface area contributed by atoms with Gasteiger partial charge in [-0.25, -0.2) is 0 Å². The van der Waals surface area contributed by atoms with Crippen LogP contribution in [0.2, 0.25) is 0 Å². The van der Waals surface area contributed by atoms with Crippen molar-refractivity contribution in [3.8, 4) is 0 Å². The Morgan fingerprint density at radius 1 is 1.24 bits per heavy atom. The van der Waals surface area contributed by atoms with E-state index in [9.17, 15) is 9.59 Å². The number of piperidine rings is 1. The van der Waals surface area contributed by atoms with Crippen molar-refractivity contribution in [2.45, 2.75) is 45.3 Å². The van der Waals surface area contributed by atoms with E-state index in [1.165, 1.54) is 19.3 Å². The summed E-state index contributed by atoms with van der Waals surface area (Å²) in [5, 5.41) is 3.84. The molecule has 6 nitrogen and oxygen atoms in total. The first kappa shape index (κ1) is 19.3. The number of carbonyl (C=O) groups excluding carboxylic acids is 1. The van der Waals surface area contributed by atoms with E-state index in [0.29, 0.717) is 19.1 Å². The van der Waals surface area contributed by atoms with Gasteiger partial charge in [0.2, 0.25) is 0 Å². The Balaban J connectivity index is 1.40. The first-order chi connectivity index (χ1) is 14.1. The van der Waals surface area contributed by atoms with Gasteiger partial charge in [0, 0.05) is 36.4 Å². The highest BCUT2D eigenvalue weighted by Crippen LogP contribution is 2.18. The first-order valence-electron chi connectivity index (χ1n) is 10.2. The summed E-state index contributed by atoms with van der Waals surface area (Å²) in [4.78, 5) is 34.6.